The highest BCUT2D eigenvalue weighted by Gasteiger charge is 2.29. The van der Waals surface area contributed by atoms with Crippen molar-refractivity contribution in [1.29, 1.82) is 5.26 Å². The molecule has 0 unspecified atom stereocenters. The summed E-state index contributed by atoms with van der Waals surface area (Å²) in [6.45, 7) is 27.4. The van der Waals surface area contributed by atoms with Crippen LogP contribution in [-0.4, -0.2) is 33.2 Å². The quantitative estimate of drug-likeness (QED) is 0.144. The van der Waals surface area contributed by atoms with Crippen LogP contribution in [0, 0.1) is 11.3 Å². The Morgan fingerprint density at radius 2 is 0.566 bits per heavy atom. The molecule has 5 heterocycles. The predicted molar refractivity (Wildman–Crippen MR) is 444 cm³/mol. The zero-order valence-corrected chi connectivity index (χ0v) is 62.1. The van der Waals surface area contributed by atoms with Crippen LogP contribution in [-0.2, 0) is 21.7 Å². The fraction of sp³-hybridized carbons (Fsp3) is 0.163. The van der Waals surface area contributed by atoms with Crippen molar-refractivity contribution in [3.63, 3.8) is 0 Å². The Morgan fingerprint density at radius 1 is 0.245 bits per heavy atom. The van der Waals surface area contributed by atoms with Crippen LogP contribution in [0.2, 0.25) is 0 Å². The second kappa shape index (κ2) is 24.3. The van der Waals surface area contributed by atoms with Gasteiger partial charge in [-0.15, -0.1) is 0 Å². The monoisotopic (exact) mass is 1370 g/mol. The zero-order valence-electron chi connectivity index (χ0n) is 62.1. The van der Waals surface area contributed by atoms with Crippen LogP contribution in [0.4, 0.5) is 0 Å². The Morgan fingerprint density at radius 3 is 0.943 bits per heavy atom. The number of hydrogen-bond acceptors (Lipinski definition) is 4. The van der Waals surface area contributed by atoms with Gasteiger partial charge in [0.25, 0.3) is 0 Å². The van der Waals surface area contributed by atoms with Crippen LogP contribution >= 0.6 is 0 Å². The standard InChI is InChI=1S/C98H82N8/c1-95(2,3)66-49-64(50-67(55-66)96(4,5)6)93-100-92(101-94(102-93)65-51-68(97(7,8)9)56-69(52-65)98(10,11)12)63-42-46-88(105-86-35-23-17-29-76(86)80-57-70(43-47-89(80)105)103-82-31-19-13-25-72(82)73-26-14-20-32-83(73)103)79(53-63)78-45-41-62(61-39-37-60(59-99)38-40-61)54-91(78)106-87-36-24-18-30-77(87)81-58-71(44-48-90(81)106)104-84-33-21-15-27-74(84)75-28-16-22-34-85(75)104/h13-58H,1-12H3. The molecule has 0 saturated carbocycles. The summed E-state index contributed by atoms with van der Waals surface area (Å²) in [5.74, 6) is 1.79. The zero-order chi connectivity index (χ0) is 72.9. The molecule has 0 N–H and O–H groups in total. The van der Waals surface area contributed by atoms with Crippen molar-refractivity contribution in [1.82, 2.24) is 33.2 Å². The molecule has 18 aromatic rings. The molecule has 106 heavy (non-hydrogen) atoms. The summed E-state index contributed by atoms with van der Waals surface area (Å²) in [7, 11) is 0. The molecular formula is C98H82N8. The molecule has 0 bridgehead atoms. The fourth-order valence-electron chi connectivity index (χ4n) is 16.1. The maximum absolute atomic E-state index is 10.1. The lowest BCUT2D eigenvalue weighted by molar-refractivity contribution is 0.568. The highest BCUT2D eigenvalue weighted by atomic mass is 15.0. The van der Waals surface area contributed by atoms with Gasteiger partial charge in [0.15, 0.2) is 17.5 Å². The van der Waals surface area contributed by atoms with Crippen molar-refractivity contribution in [2.45, 2.75) is 105 Å². The van der Waals surface area contributed by atoms with Crippen molar-refractivity contribution < 1.29 is 0 Å². The molecule has 0 aliphatic rings. The predicted octanol–water partition coefficient (Wildman–Crippen LogP) is 25.7. The molecule has 18 rings (SSSR count). The van der Waals surface area contributed by atoms with Crippen LogP contribution in [0.5, 0.6) is 0 Å². The van der Waals surface area contributed by atoms with Gasteiger partial charge in [-0.3, -0.25) is 0 Å². The minimum Gasteiger partial charge on any atom is -0.309 e. The molecule has 0 spiro atoms. The Hall–Kier alpha value is -12.4. The second-order valence-corrected chi connectivity index (χ2v) is 32.9. The molecule has 514 valence electrons. The molecule has 8 nitrogen and oxygen atoms in total. The molecule has 0 fully saturated rings. The summed E-state index contributed by atoms with van der Waals surface area (Å²) in [5.41, 5.74) is 24.5. The summed E-state index contributed by atoms with van der Waals surface area (Å²) < 4.78 is 9.78. The Labute approximate surface area is 618 Å². The van der Waals surface area contributed by atoms with Gasteiger partial charge in [0.05, 0.1) is 67.1 Å². The van der Waals surface area contributed by atoms with E-state index in [-0.39, 0.29) is 21.7 Å². The van der Waals surface area contributed by atoms with E-state index in [0.717, 1.165) is 127 Å². The molecule has 0 saturated heterocycles. The first kappa shape index (κ1) is 65.6. The van der Waals surface area contributed by atoms with E-state index in [1.807, 2.05) is 12.1 Å². The number of aromatic nitrogens is 7. The first-order chi connectivity index (χ1) is 51.0. The lowest BCUT2D eigenvalue weighted by Gasteiger charge is -2.26. The Balaban J connectivity index is 0.943. The number of nitriles is 1. The van der Waals surface area contributed by atoms with E-state index in [1.165, 1.54) is 43.8 Å². The normalized spacial score (nSPS) is 12.5. The second-order valence-electron chi connectivity index (χ2n) is 32.9. The summed E-state index contributed by atoms with van der Waals surface area (Å²) >= 11 is 0. The lowest BCUT2D eigenvalue weighted by atomic mass is 9.79. The molecule has 0 amide bonds. The third-order valence-electron chi connectivity index (χ3n) is 21.8. The van der Waals surface area contributed by atoms with Gasteiger partial charge in [-0.2, -0.15) is 5.26 Å². The van der Waals surface area contributed by atoms with Crippen molar-refractivity contribution in [3.05, 3.63) is 307 Å². The molecule has 0 aliphatic heterocycles. The molecule has 8 heteroatoms. The number of nitrogens with zero attached hydrogens (tertiary/aromatic N) is 8. The van der Waals surface area contributed by atoms with Crippen molar-refractivity contribution in [3.8, 4) is 85.2 Å². The van der Waals surface area contributed by atoms with E-state index >= 15 is 0 Å². The molecular weight excluding hydrogens is 1290 g/mol. The number of hydrogen-bond donors (Lipinski definition) is 0. The van der Waals surface area contributed by atoms with Gasteiger partial charge in [0, 0.05) is 82.3 Å². The largest absolute Gasteiger partial charge is 0.309 e. The summed E-state index contributed by atoms with van der Waals surface area (Å²) in [6, 6.07) is 105. The van der Waals surface area contributed by atoms with Gasteiger partial charge < -0.3 is 18.3 Å². The third kappa shape index (κ3) is 11.0. The molecule has 0 radical (unpaired) electrons. The number of benzene rings is 13. The first-order valence-corrected chi connectivity index (χ1v) is 37.0. The number of para-hydroxylation sites is 6. The van der Waals surface area contributed by atoms with Gasteiger partial charge in [-0.05, 0) is 189 Å². The topological polar surface area (TPSA) is 82.2 Å². The SMILES string of the molecule is CC(C)(C)c1cc(-c2nc(-c3cc(C(C)(C)C)cc(C(C)(C)C)c3)nc(-c3ccc(-n4c5ccccc5c5cc(-n6c7ccccc7c7ccccc76)ccc54)c(-c4ccc(-c5ccc(C#N)cc5)cc4-n4c5ccccc5c5cc(-n6c7ccccc7c7ccccc76)ccc54)c3)n2)cc(C(C)(C)C)c1. The van der Waals surface area contributed by atoms with Gasteiger partial charge in [-0.25, -0.2) is 15.0 Å². The minimum atomic E-state index is -0.167. The number of rotatable bonds is 9. The smallest absolute Gasteiger partial charge is 0.164 e. The van der Waals surface area contributed by atoms with Crippen LogP contribution < -0.4 is 0 Å². The van der Waals surface area contributed by atoms with E-state index in [4.69, 9.17) is 15.0 Å². The van der Waals surface area contributed by atoms with Gasteiger partial charge >= 0.3 is 0 Å². The summed E-state index contributed by atoms with van der Waals surface area (Å²) in [4.78, 5) is 17.1. The highest BCUT2D eigenvalue weighted by Crippen LogP contribution is 2.47. The van der Waals surface area contributed by atoms with E-state index in [9.17, 15) is 5.26 Å². The first-order valence-electron chi connectivity index (χ1n) is 37.0. The maximum atomic E-state index is 10.1. The molecule has 13 aromatic carbocycles. The van der Waals surface area contributed by atoms with Crippen molar-refractivity contribution >= 4 is 87.2 Å². The van der Waals surface area contributed by atoms with Crippen LogP contribution in [0.3, 0.4) is 0 Å². The van der Waals surface area contributed by atoms with Crippen LogP contribution in [0.1, 0.15) is 111 Å². The summed E-state index contributed by atoms with van der Waals surface area (Å²) in [6.07, 6.45) is 0. The van der Waals surface area contributed by atoms with Crippen LogP contribution in [0.15, 0.2) is 279 Å². The average molecular weight is 1370 g/mol. The maximum Gasteiger partial charge on any atom is 0.164 e. The van der Waals surface area contributed by atoms with Crippen molar-refractivity contribution in [2.24, 2.45) is 0 Å². The van der Waals surface area contributed by atoms with Gasteiger partial charge in [0.1, 0.15) is 0 Å². The third-order valence-corrected chi connectivity index (χ3v) is 21.8. The van der Waals surface area contributed by atoms with Gasteiger partial charge in [0.2, 0.25) is 0 Å². The highest BCUT2D eigenvalue weighted by molar-refractivity contribution is 6.15. The Kier molecular flexibility index (Phi) is 15.1. The minimum absolute atomic E-state index is 0.167. The molecule has 5 aromatic heterocycles. The Bertz CT molecular complexity index is 6420. The van der Waals surface area contributed by atoms with Crippen molar-refractivity contribution in [2.75, 3.05) is 0 Å². The van der Waals surface area contributed by atoms with E-state index < -0.39 is 0 Å². The average Bonchev–Trinajstić information content (AvgIpc) is 1.54. The van der Waals surface area contributed by atoms with Crippen LogP contribution in [0.25, 0.3) is 166 Å². The van der Waals surface area contributed by atoms with E-state index in [0.29, 0.717) is 23.0 Å². The molecule has 0 aliphatic carbocycles. The molecule has 0 atom stereocenters. The van der Waals surface area contributed by atoms with E-state index in [2.05, 4.69) is 374 Å². The van der Waals surface area contributed by atoms with E-state index in [1.54, 1.807) is 0 Å². The van der Waals surface area contributed by atoms with Gasteiger partial charge in [-0.1, -0.05) is 229 Å². The lowest BCUT2D eigenvalue weighted by Crippen LogP contribution is -2.17. The summed E-state index contributed by atoms with van der Waals surface area (Å²) in [5, 5.41) is 19.5. The number of fused-ring (bicyclic) bond motifs is 12. The fourth-order valence-corrected chi connectivity index (χ4v) is 16.1.